The van der Waals surface area contributed by atoms with Gasteiger partial charge in [-0.25, -0.2) is 4.98 Å². The van der Waals surface area contributed by atoms with E-state index in [0.717, 1.165) is 32.1 Å². The van der Waals surface area contributed by atoms with Gasteiger partial charge in [-0.3, -0.25) is 4.40 Å². The van der Waals surface area contributed by atoms with Crippen molar-refractivity contribution < 1.29 is 4.74 Å². The molecule has 0 unspecified atom stereocenters. The Kier molecular flexibility index (Phi) is 3.62. The first-order chi connectivity index (χ1) is 11.2. The molecule has 23 heavy (non-hydrogen) atoms. The zero-order valence-electron chi connectivity index (χ0n) is 12.8. The van der Waals surface area contributed by atoms with Crippen molar-refractivity contribution in [3.8, 4) is 17.0 Å². The number of imidazole rings is 1. The van der Waals surface area contributed by atoms with E-state index in [-0.39, 0.29) is 0 Å². The van der Waals surface area contributed by atoms with Crippen LogP contribution in [0.1, 0.15) is 12.6 Å². The van der Waals surface area contributed by atoms with Crippen LogP contribution < -0.4 is 4.74 Å². The van der Waals surface area contributed by atoms with Gasteiger partial charge in [-0.05, 0) is 44.2 Å². The average molecular weight is 387 g/mol. The maximum absolute atomic E-state index is 5.59. The highest BCUT2D eigenvalue weighted by Crippen LogP contribution is 2.34. The number of ether oxygens (including phenoxy) is 1. The van der Waals surface area contributed by atoms with E-state index in [2.05, 4.69) is 63.7 Å². The number of hydrogen-bond donors (Lipinski definition) is 0. The molecule has 0 atom stereocenters. The van der Waals surface area contributed by atoms with Crippen molar-refractivity contribution in [3.63, 3.8) is 0 Å². The van der Waals surface area contributed by atoms with Crippen molar-refractivity contribution in [2.45, 2.75) is 13.8 Å². The minimum atomic E-state index is 0.681. The second kappa shape index (κ2) is 5.65. The third-order valence-corrected chi connectivity index (χ3v) is 5.41. The highest BCUT2D eigenvalue weighted by Gasteiger charge is 2.15. The number of aryl methyl sites for hydroxylation is 1. The monoisotopic (exact) mass is 386 g/mol. The summed E-state index contributed by atoms with van der Waals surface area (Å²) < 4.78 is 10.1. The molecule has 2 aromatic carbocycles. The molecule has 0 fully saturated rings. The van der Waals surface area contributed by atoms with Gasteiger partial charge in [-0.15, -0.1) is 0 Å². The van der Waals surface area contributed by atoms with Crippen molar-refractivity contribution in [3.05, 3.63) is 52.6 Å². The Balaban J connectivity index is 1.90. The molecule has 0 aliphatic heterocycles. The summed E-state index contributed by atoms with van der Waals surface area (Å²) in [6.45, 7) is 4.81. The van der Waals surface area contributed by atoms with E-state index in [4.69, 9.17) is 9.72 Å². The maximum atomic E-state index is 5.59. The Morgan fingerprint density at radius 2 is 1.96 bits per heavy atom. The topological polar surface area (TPSA) is 26.5 Å². The summed E-state index contributed by atoms with van der Waals surface area (Å²) in [5.74, 6) is 0.912. The van der Waals surface area contributed by atoms with E-state index in [1.165, 1.54) is 10.2 Å². The highest BCUT2D eigenvalue weighted by atomic mass is 79.9. The van der Waals surface area contributed by atoms with E-state index >= 15 is 0 Å². The fourth-order valence-electron chi connectivity index (χ4n) is 2.83. The Morgan fingerprint density at radius 3 is 2.70 bits per heavy atom. The lowest BCUT2D eigenvalue weighted by atomic mass is 10.1. The van der Waals surface area contributed by atoms with Gasteiger partial charge in [0.15, 0.2) is 4.96 Å². The van der Waals surface area contributed by atoms with Gasteiger partial charge in [0, 0.05) is 15.7 Å². The number of hydrogen-bond acceptors (Lipinski definition) is 3. The normalized spacial score (nSPS) is 11.4. The molecule has 0 aliphatic rings. The summed E-state index contributed by atoms with van der Waals surface area (Å²) in [4.78, 5) is 5.87. The van der Waals surface area contributed by atoms with Gasteiger partial charge in [0.2, 0.25) is 0 Å². The minimum Gasteiger partial charge on any atom is -0.494 e. The third-order valence-electron chi connectivity index (χ3n) is 3.88. The predicted molar refractivity (Wildman–Crippen MR) is 99.6 cm³/mol. The first-order valence-corrected chi connectivity index (χ1v) is 9.08. The van der Waals surface area contributed by atoms with Crippen LogP contribution in [0.15, 0.2) is 46.9 Å². The number of benzene rings is 2. The Morgan fingerprint density at radius 1 is 1.17 bits per heavy atom. The predicted octanol–water partition coefficient (Wildman–Crippen LogP) is 5.69. The zero-order valence-corrected chi connectivity index (χ0v) is 15.2. The summed E-state index contributed by atoms with van der Waals surface area (Å²) in [5, 5.41) is 0. The maximum Gasteiger partial charge on any atom is 0.195 e. The minimum absolute atomic E-state index is 0.681. The Hall–Kier alpha value is -1.85. The second-order valence-electron chi connectivity index (χ2n) is 5.34. The van der Waals surface area contributed by atoms with Gasteiger partial charge < -0.3 is 4.74 Å². The summed E-state index contributed by atoms with van der Waals surface area (Å²) >= 11 is 5.18. The molecule has 0 radical (unpaired) electrons. The van der Waals surface area contributed by atoms with Crippen molar-refractivity contribution in [2.75, 3.05) is 6.61 Å². The molecule has 0 amide bonds. The average Bonchev–Trinajstić information content (AvgIpc) is 3.05. The third kappa shape index (κ3) is 2.44. The molecule has 4 aromatic rings. The van der Waals surface area contributed by atoms with Crippen LogP contribution in [0.25, 0.3) is 26.4 Å². The van der Waals surface area contributed by atoms with E-state index < -0.39 is 0 Å². The zero-order chi connectivity index (χ0) is 16.0. The number of halogens is 1. The van der Waals surface area contributed by atoms with Crippen LogP contribution in [0.5, 0.6) is 5.75 Å². The molecular weight excluding hydrogens is 372 g/mol. The molecule has 0 saturated heterocycles. The number of nitrogens with zero attached hydrogens (tertiary/aromatic N) is 2. The molecule has 0 aliphatic carbocycles. The molecule has 116 valence electrons. The quantitative estimate of drug-likeness (QED) is 0.452. The standard InChI is InChI=1S/C18H15BrN2OS/c1-3-22-14-8-9-15-16(10-14)23-18-20-17(11(2)21(15)18)12-4-6-13(19)7-5-12/h4-10H,3H2,1-2H3. The summed E-state index contributed by atoms with van der Waals surface area (Å²) in [5.41, 5.74) is 4.53. The van der Waals surface area contributed by atoms with E-state index in [9.17, 15) is 0 Å². The molecule has 2 aromatic heterocycles. The molecular formula is C18H15BrN2OS. The first-order valence-electron chi connectivity index (χ1n) is 7.47. The summed E-state index contributed by atoms with van der Waals surface area (Å²) in [6, 6.07) is 14.5. The fraction of sp³-hybridized carbons (Fsp3) is 0.167. The van der Waals surface area contributed by atoms with Crippen molar-refractivity contribution in [1.82, 2.24) is 9.38 Å². The van der Waals surface area contributed by atoms with Gasteiger partial charge in [0.05, 0.1) is 22.5 Å². The van der Waals surface area contributed by atoms with Crippen LogP contribution in [-0.2, 0) is 0 Å². The summed E-state index contributed by atoms with van der Waals surface area (Å²) in [6.07, 6.45) is 0. The number of thiazole rings is 1. The van der Waals surface area contributed by atoms with Crippen molar-refractivity contribution >= 4 is 42.4 Å². The smallest absolute Gasteiger partial charge is 0.195 e. The fourth-order valence-corrected chi connectivity index (χ4v) is 4.19. The van der Waals surface area contributed by atoms with Gasteiger partial charge in [-0.2, -0.15) is 0 Å². The van der Waals surface area contributed by atoms with Crippen LogP contribution >= 0.6 is 27.3 Å². The molecule has 4 rings (SSSR count). The van der Waals surface area contributed by atoms with E-state index in [1.54, 1.807) is 11.3 Å². The van der Waals surface area contributed by atoms with Gasteiger partial charge in [0.1, 0.15) is 5.75 Å². The lowest BCUT2D eigenvalue weighted by Gasteiger charge is -2.03. The van der Waals surface area contributed by atoms with Crippen LogP contribution in [0.2, 0.25) is 0 Å². The van der Waals surface area contributed by atoms with Crippen LogP contribution in [0.4, 0.5) is 0 Å². The summed E-state index contributed by atoms with van der Waals surface area (Å²) in [7, 11) is 0. The number of aromatic nitrogens is 2. The number of fused-ring (bicyclic) bond motifs is 3. The lowest BCUT2D eigenvalue weighted by molar-refractivity contribution is 0.341. The molecule has 0 spiro atoms. The molecule has 0 saturated carbocycles. The Bertz CT molecular complexity index is 1000. The molecule has 3 nitrogen and oxygen atoms in total. The SMILES string of the molecule is CCOc1ccc2c(c1)sc1nc(-c3ccc(Br)cc3)c(C)n12. The first kappa shape index (κ1) is 14.7. The van der Waals surface area contributed by atoms with Gasteiger partial charge in [0.25, 0.3) is 0 Å². The molecule has 2 heterocycles. The van der Waals surface area contributed by atoms with Crippen molar-refractivity contribution in [1.29, 1.82) is 0 Å². The van der Waals surface area contributed by atoms with E-state index in [0.29, 0.717) is 6.61 Å². The van der Waals surface area contributed by atoms with E-state index in [1.807, 2.05) is 13.0 Å². The lowest BCUT2D eigenvalue weighted by Crippen LogP contribution is -1.91. The highest BCUT2D eigenvalue weighted by molar-refractivity contribution is 9.10. The number of rotatable bonds is 3. The second-order valence-corrected chi connectivity index (χ2v) is 7.26. The van der Waals surface area contributed by atoms with Gasteiger partial charge >= 0.3 is 0 Å². The van der Waals surface area contributed by atoms with Gasteiger partial charge in [-0.1, -0.05) is 39.4 Å². The molecule has 0 bridgehead atoms. The van der Waals surface area contributed by atoms with Crippen molar-refractivity contribution in [2.24, 2.45) is 0 Å². The largest absolute Gasteiger partial charge is 0.494 e. The van der Waals surface area contributed by atoms with Crippen LogP contribution in [0.3, 0.4) is 0 Å². The van der Waals surface area contributed by atoms with Crippen LogP contribution in [-0.4, -0.2) is 16.0 Å². The molecule has 5 heteroatoms. The Labute approximate surface area is 146 Å². The molecule has 0 N–H and O–H groups in total. The van der Waals surface area contributed by atoms with Crippen LogP contribution in [0, 0.1) is 6.92 Å².